The molecule has 0 aliphatic heterocycles. The highest BCUT2D eigenvalue weighted by Crippen LogP contribution is 2.32. The van der Waals surface area contributed by atoms with E-state index in [9.17, 15) is 18.5 Å². The van der Waals surface area contributed by atoms with Crippen molar-refractivity contribution >= 4 is 15.8 Å². The summed E-state index contributed by atoms with van der Waals surface area (Å²) in [5.41, 5.74) is 2.25. The van der Waals surface area contributed by atoms with E-state index >= 15 is 0 Å². The van der Waals surface area contributed by atoms with E-state index in [-0.39, 0.29) is 16.1 Å². The molecular formula is C20H17NO5S. The first-order valence-electron chi connectivity index (χ1n) is 8.16. The summed E-state index contributed by atoms with van der Waals surface area (Å²) in [4.78, 5) is 10.9. The lowest BCUT2D eigenvalue weighted by Crippen LogP contribution is -2.08. The van der Waals surface area contributed by atoms with Crippen molar-refractivity contribution in [1.82, 2.24) is 0 Å². The van der Waals surface area contributed by atoms with Crippen LogP contribution >= 0.6 is 0 Å². The van der Waals surface area contributed by atoms with E-state index in [4.69, 9.17) is 4.18 Å². The summed E-state index contributed by atoms with van der Waals surface area (Å²) in [5.74, 6) is 0. The Morgan fingerprint density at radius 1 is 0.926 bits per heavy atom. The van der Waals surface area contributed by atoms with Gasteiger partial charge in [0.25, 0.3) is 15.8 Å². The van der Waals surface area contributed by atoms with Crippen LogP contribution in [0.15, 0.2) is 77.7 Å². The Balaban J connectivity index is 1.98. The molecule has 0 aliphatic carbocycles. The minimum Gasteiger partial charge on any atom is -0.261 e. The van der Waals surface area contributed by atoms with Crippen molar-refractivity contribution < 1.29 is 17.5 Å². The number of nitrogens with zero attached hydrogens (tertiary/aromatic N) is 1. The first kappa shape index (κ1) is 18.8. The molecule has 0 fully saturated rings. The SMILES string of the molecule is Cc1ccc(S(=O)(=O)OCc2c(-c3ccccc3)cccc2[N+](=O)[O-])cc1. The Kier molecular flexibility index (Phi) is 5.34. The average molecular weight is 383 g/mol. The van der Waals surface area contributed by atoms with Gasteiger partial charge >= 0.3 is 0 Å². The number of nitro groups is 1. The van der Waals surface area contributed by atoms with Crippen molar-refractivity contribution in [1.29, 1.82) is 0 Å². The van der Waals surface area contributed by atoms with Gasteiger partial charge in [0.2, 0.25) is 0 Å². The lowest BCUT2D eigenvalue weighted by molar-refractivity contribution is -0.385. The summed E-state index contributed by atoms with van der Waals surface area (Å²) in [7, 11) is -4.04. The quantitative estimate of drug-likeness (QED) is 0.356. The predicted molar refractivity (Wildman–Crippen MR) is 102 cm³/mol. The fraction of sp³-hybridized carbons (Fsp3) is 0.100. The van der Waals surface area contributed by atoms with Crippen molar-refractivity contribution in [2.24, 2.45) is 0 Å². The third-order valence-electron chi connectivity index (χ3n) is 4.10. The molecule has 6 nitrogen and oxygen atoms in total. The molecule has 0 atom stereocenters. The standard InChI is InChI=1S/C20H17NO5S/c1-15-10-12-17(13-11-15)27(24,25)26-14-19-18(16-6-3-2-4-7-16)8-5-9-20(19)21(22)23/h2-13H,14H2,1H3. The Hall–Kier alpha value is -3.03. The molecule has 3 aromatic rings. The number of nitro benzene ring substituents is 1. The Labute approximate surface area is 157 Å². The first-order chi connectivity index (χ1) is 12.9. The van der Waals surface area contributed by atoms with Crippen molar-refractivity contribution in [2.75, 3.05) is 0 Å². The van der Waals surface area contributed by atoms with Gasteiger partial charge in [-0.25, -0.2) is 0 Å². The van der Waals surface area contributed by atoms with E-state index in [1.165, 1.54) is 18.2 Å². The second-order valence-electron chi connectivity index (χ2n) is 5.96. The van der Waals surface area contributed by atoms with Crippen LogP contribution < -0.4 is 0 Å². The van der Waals surface area contributed by atoms with E-state index in [0.29, 0.717) is 5.56 Å². The van der Waals surface area contributed by atoms with Crippen molar-refractivity contribution in [2.45, 2.75) is 18.4 Å². The fourth-order valence-corrected chi connectivity index (χ4v) is 3.57. The van der Waals surface area contributed by atoms with Gasteiger partial charge in [-0.05, 0) is 30.2 Å². The van der Waals surface area contributed by atoms with Gasteiger partial charge in [0, 0.05) is 6.07 Å². The lowest BCUT2D eigenvalue weighted by atomic mass is 9.99. The van der Waals surface area contributed by atoms with Crippen LogP contribution in [0.3, 0.4) is 0 Å². The van der Waals surface area contributed by atoms with E-state index in [0.717, 1.165) is 11.1 Å². The molecule has 0 aliphatic rings. The van der Waals surface area contributed by atoms with Crippen LogP contribution in [0.5, 0.6) is 0 Å². The number of aryl methyl sites for hydroxylation is 1. The van der Waals surface area contributed by atoms with Crippen LogP contribution in [0.4, 0.5) is 5.69 Å². The number of benzene rings is 3. The third-order valence-corrected chi connectivity index (χ3v) is 5.38. The highest BCUT2D eigenvalue weighted by molar-refractivity contribution is 7.86. The van der Waals surface area contributed by atoms with E-state index < -0.39 is 21.6 Å². The average Bonchev–Trinajstić information content (AvgIpc) is 2.67. The molecule has 138 valence electrons. The first-order valence-corrected chi connectivity index (χ1v) is 9.57. The van der Waals surface area contributed by atoms with Gasteiger partial charge < -0.3 is 0 Å². The molecule has 0 amide bonds. The van der Waals surface area contributed by atoms with Crippen molar-refractivity contribution in [3.05, 3.63) is 94.0 Å². The molecule has 0 heterocycles. The maximum atomic E-state index is 12.5. The smallest absolute Gasteiger partial charge is 0.261 e. The van der Waals surface area contributed by atoms with Gasteiger partial charge in [0.1, 0.15) is 0 Å². The molecule has 0 saturated carbocycles. The van der Waals surface area contributed by atoms with Gasteiger partial charge in [-0.3, -0.25) is 14.3 Å². The zero-order valence-corrected chi connectivity index (χ0v) is 15.3. The lowest BCUT2D eigenvalue weighted by Gasteiger charge is -2.11. The van der Waals surface area contributed by atoms with Crippen LogP contribution in [0, 0.1) is 17.0 Å². The fourth-order valence-electron chi connectivity index (χ4n) is 2.70. The molecule has 0 aromatic heterocycles. The highest BCUT2D eigenvalue weighted by Gasteiger charge is 2.22. The van der Waals surface area contributed by atoms with Gasteiger partial charge in [0.15, 0.2) is 0 Å². The Morgan fingerprint density at radius 2 is 1.59 bits per heavy atom. The second kappa shape index (κ2) is 7.69. The Bertz CT molecular complexity index is 1060. The predicted octanol–water partition coefficient (Wildman–Crippen LogP) is 4.48. The van der Waals surface area contributed by atoms with E-state index in [2.05, 4.69) is 0 Å². The summed E-state index contributed by atoms with van der Waals surface area (Å²) in [6, 6.07) is 19.9. The summed E-state index contributed by atoms with van der Waals surface area (Å²) < 4.78 is 30.1. The van der Waals surface area contributed by atoms with Crippen LogP contribution in [-0.4, -0.2) is 13.3 Å². The monoisotopic (exact) mass is 383 g/mol. The van der Waals surface area contributed by atoms with Crippen LogP contribution in [0.25, 0.3) is 11.1 Å². The van der Waals surface area contributed by atoms with Gasteiger partial charge in [-0.15, -0.1) is 0 Å². The normalized spacial score (nSPS) is 11.3. The van der Waals surface area contributed by atoms with Gasteiger partial charge in [-0.2, -0.15) is 8.42 Å². The number of rotatable bonds is 6. The molecule has 0 saturated heterocycles. The summed E-state index contributed by atoms with van der Waals surface area (Å²) in [5, 5.41) is 11.4. The second-order valence-corrected chi connectivity index (χ2v) is 7.57. The maximum absolute atomic E-state index is 12.5. The minimum atomic E-state index is -4.04. The van der Waals surface area contributed by atoms with Crippen LogP contribution in [0.2, 0.25) is 0 Å². The molecular weight excluding hydrogens is 366 g/mol. The number of hydrogen-bond donors (Lipinski definition) is 0. The van der Waals surface area contributed by atoms with Crippen molar-refractivity contribution in [3.8, 4) is 11.1 Å². The van der Waals surface area contributed by atoms with E-state index in [1.54, 1.807) is 36.4 Å². The zero-order valence-electron chi connectivity index (χ0n) is 14.5. The summed E-state index contributed by atoms with van der Waals surface area (Å²) in [6.07, 6.45) is 0. The molecule has 0 N–H and O–H groups in total. The maximum Gasteiger partial charge on any atom is 0.297 e. The van der Waals surface area contributed by atoms with Gasteiger partial charge in [-0.1, -0.05) is 60.2 Å². The van der Waals surface area contributed by atoms with E-state index in [1.807, 2.05) is 25.1 Å². The molecule has 0 bridgehead atoms. The molecule has 0 radical (unpaired) electrons. The highest BCUT2D eigenvalue weighted by atomic mass is 32.2. The molecule has 3 aromatic carbocycles. The molecule has 27 heavy (non-hydrogen) atoms. The van der Waals surface area contributed by atoms with Crippen molar-refractivity contribution in [3.63, 3.8) is 0 Å². The largest absolute Gasteiger partial charge is 0.297 e. The Morgan fingerprint density at radius 3 is 2.22 bits per heavy atom. The molecule has 3 rings (SSSR count). The number of hydrogen-bond acceptors (Lipinski definition) is 5. The molecule has 7 heteroatoms. The molecule has 0 spiro atoms. The third kappa shape index (κ3) is 4.21. The summed E-state index contributed by atoms with van der Waals surface area (Å²) in [6.45, 7) is 1.41. The summed E-state index contributed by atoms with van der Waals surface area (Å²) >= 11 is 0. The van der Waals surface area contributed by atoms with Crippen LogP contribution in [0.1, 0.15) is 11.1 Å². The van der Waals surface area contributed by atoms with Gasteiger partial charge in [0.05, 0.1) is 22.0 Å². The van der Waals surface area contributed by atoms with Crippen LogP contribution in [-0.2, 0) is 20.9 Å². The molecule has 0 unspecified atom stereocenters. The topological polar surface area (TPSA) is 86.5 Å². The zero-order chi connectivity index (χ0) is 19.4. The minimum absolute atomic E-state index is 0.00736.